The van der Waals surface area contributed by atoms with Gasteiger partial charge in [-0.2, -0.15) is 11.8 Å². The van der Waals surface area contributed by atoms with Gasteiger partial charge >= 0.3 is 0 Å². The van der Waals surface area contributed by atoms with Crippen molar-refractivity contribution >= 4 is 41.2 Å². The lowest BCUT2D eigenvalue weighted by molar-refractivity contribution is -0.136. The van der Waals surface area contributed by atoms with Crippen molar-refractivity contribution in [3.8, 4) is 0 Å². The molecule has 5 rings (SSSR count). The van der Waals surface area contributed by atoms with E-state index in [-0.39, 0.29) is 24.1 Å². The van der Waals surface area contributed by atoms with Crippen molar-refractivity contribution in [2.24, 2.45) is 0 Å². The maximum Gasteiger partial charge on any atom is 0.255 e. The van der Waals surface area contributed by atoms with E-state index in [1.807, 2.05) is 23.9 Å². The number of carbonyl (C=O) groups excluding carboxylic acids is 3. The van der Waals surface area contributed by atoms with E-state index >= 15 is 0 Å². The number of amides is 3. The second-order valence-electron chi connectivity index (χ2n) is 8.99. The highest BCUT2D eigenvalue weighted by Gasteiger charge is 2.39. The van der Waals surface area contributed by atoms with Crippen LogP contribution in [0.5, 0.6) is 0 Å². The van der Waals surface area contributed by atoms with Crippen molar-refractivity contribution < 1.29 is 14.4 Å². The monoisotopic (exact) mass is 495 g/mol. The van der Waals surface area contributed by atoms with Crippen molar-refractivity contribution in [2.75, 3.05) is 31.1 Å². The molecule has 0 bridgehead atoms. The lowest BCUT2D eigenvalue weighted by Gasteiger charge is -2.29. The van der Waals surface area contributed by atoms with Gasteiger partial charge in [-0.1, -0.05) is 30.3 Å². The third-order valence-electron chi connectivity index (χ3n) is 6.78. The fourth-order valence-corrected chi connectivity index (χ4v) is 6.78. The highest BCUT2D eigenvalue weighted by molar-refractivity contribution is 7.99. The lowest BCUT2D eigenvalue weighted by Crippen LogP contribution is -2.52. The van der Waals surface area contributed by atoms with Gasteiger partial charge in [-0.05, 0) is 41.7 Å². The van der Waals surface area contributed by atoms with Crippen LogP contribution in [0.1, 0.15) is 39.9 Å². The number of nitrogens with zero attached hydrogens (tertiary/aromatic N) is 2. The molecule has 3 aliphatic heterocycles. The number of hydrogen-bond donors (Lipinski definition) is 1. The Hall–Kier alpha value is -2.29. The molecule has 0 saturated carbocycles. The molecule has 3 heterocycles. The summed E-state index contributed by atoms with van der Waals surface area (Å²) < 4.78 is 0. The molecule has 2 fully saturated rings. The van der Waals surface area contributed by atoms with Crippen molar-refractivity contribution in [1.82, 2.24) is 15.1 Å². The molecule has 0 aliphatic carbocycles. The number of nitrogens with one attached hydrogen (secondary N) is 1. The first kappa shape index (κ1) is 23.5. The Morgan fingerprint density at radius 3 is 2.53 bits per heavy atom. The van der Waals surface area contributed by atoms with Gasteiger partial charge in [0.25, 0.3) is 5.91 Å². The maximum atomic E-state index is 13.0. The Kier molecular flexibility index (Phi) is 7.27. The third kappa shape index (κ3) is 5.19. The zero-order chi connectivity index (χ0) is 23.5. The first-order valence-electron chi connectivity index (χ1n) is 11.9. The largest absolute Gasteiger partial charge is 0.322 e. The van der Waals surface area contributed by atoms with E-state index in [1.165, 1.54) is 35.7 Å². The molecule has 178 valence electrons. The van der Waals surface area contributed by atoms with E-state index in [1.54, 1.807) is 16.7 Å². The second kappa shape index (κ2) is 10.5. The molecule has 0 radical (unpaired) electrons. The predicted octanol–water partition coefficient (Wildman–Crippen LogP) is 3.33. The van der Waals surface area contributed by atoms with Gasteiger partial charge in [0.1, 0.15) is 6.04 Å². The number of rotatable bonds is 7. The van der Waals surface area contributed by atoms with E-state index in [0.717, 1.165) is 29.2 Å². The van der Waals surface area contributed by atoms with Gasteiger partial charge in [0, 0.05) is 60.3 Å². The first-order valence-corrected chi connectivity index (χ1v) is 14.0. The minimum absolute atomic E-state index is 0.122. The molecule has 8 heteroatoms. The second-order valence-corrected chi connectivity index (χ2v) is 11.2. The molecule has 0 aromatic heterocycles. The summed E-state index contributed by atoms with van der Waals surface area (Å²) in [6.45, 7) is 3.94. The van der Waals surface area contributed by atoms with Crippen LogP contribution in [0.2, 0.25) is 0 Å². The van der Waals surface area contributed by atoms with E-state index < -0.39 is 6.04 Å². The number of benzene rings is 2. The summed E-state index contributed by atoms with van der Waals surface area (Å²) in [7, 11) is 0. The van der Waals surface area contributed by atoms with Crippen LogP contribution in [0, 0.1) is 0 Å². The molecule has 6 nitrogen and oxygen atoms in total. The maximum absolute atomic E-state index is 13.0. The van der Waals surface area contributed by atoms with Gasteiger partial charge < -0.3 is 9.80 Å². The van der Waals surface area contributed by atoms with Gasteiger partial charge in [-0.15, -0.1) is 11.8 Å². The molecule has 2 aromatic rings. The molecular formula is C26H29N3O3S2. The normalized spacial score (nSPS) is 21.0. The Morgan fingerprint density at radius 2 is 1.76 bits per heavy atom. The molecule has 2 saturated heterocycles. The molecule has 34 heavy (non-hydrogen) atoms. The molecule has 2 aromatic carbocycles. The summed E-state index contributed by atoms with van der Waals surface area (Å²) in [4.78, 5) is 42.1. The number of imide groups is 1. The summed E-state index contributed by atoms with van der Waals surface area (Å²) in [5.41, 5.74) is 4.28. The average Bonchev–Trinajstić information content (AvgIpc) is 3.19. The van der Waals surface area contributed by atoms with Crippen molar-refractivity contribution in [3.63, 3.8) is 0 Å². The van der Waals surface area contributed by atoms with Crippen LogP contribution in [-0.2, 0) is 28.3 Å². The SMILES string of the molecule is O=C1CCC(N2Cc3c(SCc4ccc(CCN5CCSCC5)cc4)cccc3C2=O)C(=O)N1. The summed E-state index contributed by atoms with van der Waals surface area (Å²) >= 11 is 3.77. The number of carbonyl (C=O) groups is 3. The van der Waals surface area contributed by atoms with Crippen LogP contribution in [-0.4, -0.2) is 64.7 Å². The van der Waals surface area contributed by atoms with E-state index in [2.05, 4.69) is 40.5 Å². The highest BCUT2D eigenvalue weighted by atomic mass is 32.2. The standard InChI is InChI=1S/C26H29N3O3S2/c30-24-9-8-22(25(31)27-24)29-16-21-20(26(29)32)2-1-3-23(21)34-17-19-6-4-18(5-7-19)10-11-28-12-14-33-15-13-28/h1-7,22H,8-17H2,(H,27,30,31). The minimum Gasteiger partial charge on any atom is -0.322 e. The number of hydrogen-bond acceptors (Lipinski definition) is 6. The van der Waals surface area contributed by atoms with Gasteiger partial charge in [-0.25, -0.2) is 0 Å². The third-order valence-corrected chi connectivity index (χ3v) is 8.89. The van der Waals surface area contributed by atoms with Crippen molar-refractivity contribution in [1.29, 1.82) is 0 Å². The minimum atomic E-state index is -0.577. The molecular weight excluding hydrogens is 466 g/mol. The van der Waals surface area contributed by atoms with Crippen molar-refractivity contribution in [3.05, 3.63) is 64.7 Å². The van der Waals surface area contributed by atoms with E-state index in [9.17, 15) is 14.4 Å². The Labute approximate surface area is 208 Å². The van der Waals surface area contributed by atoms with Crippen molar-refractivity contribution in [2.45, 2.75) is 42.5 Å². The topological polar surface area (TPSA) is 69.7 Å². The molecule has 0 spiro atoms. The Balaban J connectivity index is 1.19. The molecule has 1 unspecified atom stereocenters. The molecule has 1 atom stereocenters. The zero-order valence-electron chi connectivity index (χ0n) is 19.1. The van der Waals surface area contributed by atoms with Crippen LogP contribution in [0.3, 0.4) is 0 Å². The summed E-state index contributed by atoms with van der Waals surface area (Å²) in [5, 5.41) is 2.37. The smallest absolute Gasteiger partial charge is 0.255 e. The summed E-state index contributed by atoms with van der Waals surface area (Å²) in [6.07, 6.45) is 1.74. The number of fused-ring (bicyclic) bond motifs is 1. The van der Waals surface area contributed by atoms with E-state index in [4.69, 9.17) is 0 Å². The van der Waals surface area contributed by atoms with E-state index in [0.29, 0.717) is 18.5 Å². The molecule has 3 aliphatic rings. The molecule has 3 amide bonds. The predicted molar refractivity (Wildman–Crippen MR) is 136 cm³/mol. The van der Waals surface area contributed by atoms with Crippen LogP contribution in [0.25, 0.3) is 0 Å². The van der Waals surface area contributed by atoms with Crippen LogP contribution in [0.4, 0.5) is 0 Å². The van der Waals surface area contributed by atoms with Crippen LogP contribution in [0.15, 0.2) is 47.4 Å². The quantitative estimate of drug-likeness (QED) is 0.469. The Bertz CT molecular complexity index is 1080. The summed E-state index contributed by atoms with van der Waals surface area (Å²) in [5.74, 6) is 2.56. The highest BCUT2D eigenvalue weighted by Crippen LogP contribution is 2.35. The lowest BCUT2D eigenvalue weighted by atomic mass is 10.0. The number of thioether (sulfide) groups is 2. The number of piperidine rings is 1. The van der Waals surface area contributed by atoms with Crippen LogP contribution < -0.4 is 5.32 Å². The summed E-state index contributed by atoms with van der Waals surface area (Å²) in [6, 6.07) is 14.1. The van der Waals surface area contributed by atoms with Gasteiger partial charge in [0.15, 0.2) is 0 Å². The van der Waals surface area contributed by atoms with Crippen LogP contribution >= 0.6 is 23.5 Å². The zero-order valence-corrected chi connectivity index (χ0v) is 20.8. The Morgan fingerprint density at radius 1 is 1.00 bits per heavy atom. The first-order chi connectivity index (χ1) is 16.6. The average molecular weight is 496 g/mol. The van der Waals surface area contributed by atoms with Gasteiger partial charge in [0.2, 0.25) is 11.8 Å². The van der Waals surface area contributed by atoms with Gasteiger partial charge in [0.05, 0.1) is 0 Å². The molecule has 1 N–H and O–H groups in total. The van der Waals surface area contributed by atoms with Gasteiger partial charge in [-0.3, -0.25) is 19.7 Å². The fraction of sp³-hybridized carbons (Fsp3) is 0.423. The fourth-order valence-electron chi connectivity index (χ4n) is 4.77.